The van der Waals surface area contributed by atoms with E-state index in [4.69, 9.17) is 4.74 Å². The van der Waals surface area contributed by atoms with Crippen LogP contribution < -0.4 is 0 Å². The van der Waals surface area contributed by atoms with Crippen LogP contribution in [0.3, 0.4) is 0 Å². The quantitative estimate of drug-likeness (QED) is 0.809. The van der Waals surface area contributed by atoms with Gasteiger partial charge in [-0.2, -0.15) is 0 Å². The number of rotatable bonds is 5. The molecule has 0 amide bonds. The molecule has 1 saturated heterocycles. The first-order chi connectivity index (χ1) is 11.6. The average molecular weight is 331 g/mol. The van der Waals surface area contributed by atoms with Crippen LogP contribution in [0.1, 0.15) is 56.8 Å². The third kappa shape index (κ3) is 4.81. The molecule has 2 aliphatic heterocycles. The fourth-order valence-electron chi connectivity index (χ4n) is 3.94. The summed E-state index contributed by atoms with van der Waals surface area (Å²) in [7, 11) is 2.23. The Morgan fingerprint density at radius 2 is 2.00 bits per heavy atom. The smallest absolute Gasteiger partial charge is 0.0958 e. The number of fused-ring (bicyclic) bond motifs is 1. The number of hydrogen-bond donors (Lipinski definition) is 0. The van der Waals surface area contributed by atoms with Crippen LogP contribution >= 0.6 is 0 Å². The van der Waals surface area contributed by atoms with Crippen LogP contribution in [0, 0.1) is 5.92 Å². The zero-order valence-corrected chi connectivity index (χ0v) is 15.7. The van der Waals surface area contributed by atoms with Gasteiger partial charge in [-0.05, 0) is 62.9 Å². The minimum Gasteiger partial charge on any atom is -0.369 e. The van der Waals surface area contributed by atoms with Crippen molar-refractivity contribution in [1.29, 1.82) is 0 Å². The molecule has 1 aromatic carbocycles. The molecule has 0 radical (unpaired) electrons. The minimum atomic E-state index is 0.246. The van der Waals surface area contributed by atoms with Gasteiger partial charge in [0.05, 0.1) is 12.2 Å². The molecule has 134 valence electrons. The summed E-state index contributed by atoms with van der Waals surface area (Å²) in [5.74, 6) is 0.763. The molecular formula is C21H34N2O. The summed E-state index contributed by atoms with van der Waals surface area (Å²) in [6, 6.07) is 8.90. The molecule has 3 rings (SSSR count). The molecule has 2 unspecified atom stereocenters. The minimum absolute atomic E-state index is 0.246. The summed E-state index contributed by atoms with van der Waals surface area (Å²) < 4.78 is 6.66. The van der Waals surface area contributed by atoms with E-state index in [1.54, 1.807) is 0 Å². The number of likely N-dealkylation sites (tertiary alicyclic amines) is 1. The fourth-order valence-corrected chi connectivity index (χ4v) is 3.94. The molecule has 24 heavy (non-hydrogen) atoms. The molecule has 3 heteroatoms. The Morgan fingerprint density at radius 1 is 1.17 bits per heavy atom. The third-order valence-electron chi connectivity index (χ3n) is 5.50. The maximum absolute atomic E-state index is 6.66. The third-order valence-corrected chi connectivity index (χ3v) is 5.50. The molecule has 2 atom stereocenters. The lowest BCUT2D eigenvalue weighted by Gasteiger charge is -2.36. The van der Waals surface area contributed by atoms with Crippen molar-refractivity contribution in [2.45, 2.75) is 58.3 Å². The van der Waals surface area contributed by atoms with Gasteiger partial charge in [0.15, 0.2) is 0 Å². The lowest BCUT2D eigenvalue weighted by atomic mass is 9.96. The number of nitrogens with zero attached hydrogens (tertiary/aromatic N) is 2. The predicted octanol–water partition coefficient (Wildman–Crippen LogP) is 4.09. The van der Waals surface area contributed by atoms with Crippen molar-refractivity contribution in [2.24, 2.45) is 5.92 Å². The van der Waals surface area contributed by atoms with Crippen molar-refractivity contribution in [3.05, 3.63) is 35.4 Å². The van der Waals surface area contributed by atoms with Gasteiger partial charge in [0.1, 0.15) is 0 Å². The Labute approximate surface area is 148 Å². The van der Waals surface area contributed by atoms with E-state index in [1.165, 1.54) is 49.9 Å². The Bertz CT molecular complexity index is 516. The predicted molar refractivity (Wildman–Crippen MR) is 100 cm³/mol. The van der Waals surface area contributed by atoms with Crippen molar-refractivity contribution in [3.63, 3.8) is 0 Å². The average Bonchev–Trinajstić information content (AvgIpc) is 2.77. The SMILES string of the molecule is CC(C)CCN1Cc2ccccc2C(OC2CCCN(C)CC2)C1. The van der Waals surface area contributed by atoms with E-state index in [2.05, 4.69) is 55.0 Å². The van der Waals surface area contributed by atoms with E-state index in [9.17, 15) is 0 Å². The van der Waals surface area contributed by atoms with E-state index >= 15 is 0 Å². The second kappa shape index (κ2) is 8.46. The molecule has 0 bridgehead atoms. The lowest BCUT2D eigenvalue weighted by molar-refractivity contribution is -0.0448. The molecule has 0 saturated carbocycles. The molecule has 0 aliphatic carbocycles. The molecule has 3 nitrogen and oxygen atoms in total. The molecule has 2 heterocycles. The van der Waals surface area contributed by atoms with Gasteiger partial charge < -0.3 is 9.64 Å². The van der Waals surface area contributed by atoms with Crippen molar-refractivity contribution < 1.29 is 4.74 Å². The highest BCUT2D eigenvalue weighted by atomic mass is 16.5. The Kier molecular flexibility index (Phi) is 6.31. The van der Waals surface area contributed by atoms with E-state index < -0.39 is 0 Å². The molecule has 0 spiro atoms. The summed E-state index contributed by atoms with van der Waals surface area (Å²) in [6.07, 6.45) is 5.56. The van der Waals surface area contributed by atoms with Gasteiger partial charge in [-0.15, -0.1) is 0 Å². The summed E-state index contributed by atoms with van der Waals surface area (Å²) in [6.45, 7) is 10.3. The second-order valence-corrected chi connectivity index (χ2v) is 8.10. The highest BCUT2D eigenvalue weighted by Crippen LogP contribution is 2.32. The van der Waals surface area contributed by atoms with Crippen molar-refractivity contribution >= 4 is 0 Å². The zero-order valence-electron chi connectivity index (χ0n) is 15.7. The van der Waals surface area contributed by atoms with Gasteiger partial charge in [0.2, 0.25) is 0 Å². The highest BCUT2D eigenvalue weighted by molar-refractivity contribution is 5.31. The molecule has 2 aliphatic rings. The molecule has 1 fully saturated rings. The van der Waals surface area contributed by atoms with Gasteiger partial charge in [-0.1, -0.05) is 38.1 Å². The monoisotopic (exact) mass is 330 g/mol. The van der Waals surface area contributed by atoms with Crippen LogP contribution in [-0.4, -0.2) is 49.1 Å². The number of hydrogen-bond acceptors (Lipinski definition) is 3. The van der Waals surface area contributed by atoms with E-state index in [-0.39, 0.29) is 6.10 Å². The van der Waals surface area contributed by atoms with Gasteiger partial charge in [-0.3, -0.25) is 4.90 Å². The maximum Gasteiger partial charge on any atom is 0.0958 e. The Balaban J connectivity index is 1.68. The fraction of sp³-hybridized carbons (Fsp3) is 0.714. The van der Waals surface area contributed by atoms with Gasteiger partial charge in [0.25, 0.3) is 0 Å². The van der Waals surface area contributed by atoms with Crippen LogP contribution in [0.15, 0.2) is 24.3 Å². The van der Waals surface area contributed by atoms with Gasteiger partial charge in [-0.25, -0.2) is 0 Å². The van der Waals surface area contributed by atoms with E-state index in [1.807, 2.05) is 0 Å². The lowest BCUT2D eigenvalue weighted by Crippen LogP contribution is -2.37. The number of ether oxygens (including phenoxy) is 1. The van der Waals surface area contributed by atoms with Crippen LogP contribution in [0.4, 0.5) is 0 Å². The maximum atomic E-state index is 6.66. The molecular weight excluding hydrogens is 296 g/mol. The Hall–Kier alpha value is -0.900. The van der Waals surface area contributed by atoms with Crippen LogP contribution in [0.25, 0.3) is 0 Å². The molecule has 0 N–H and O–H groups in total. The first kappa shape index (κ1) is 17.9. The summed E-state index contributed by atoms with van der Waals surface area (Å²) in [5, 5.41) is 0. The first-order valence-electron chi connectivity index (χ1n) is 9.76. The van der Waals surface area contributed by atoms with Gasteiger partial charge in [0, 0.05) is 19.6 Å². The second-order valence-electron chi connectivity index (χ2n) is 8.10. The summed E-state index contributed by atoms with van der Waals surface area (Å²) in [5.41, 5.74) is 2.89. The Morgan fingerprint density at radius 3 is 2.83 bits per heavy atom. The van der Waals surface area contributed by atoms with Crippen LogP contribution in [0.5, 0.6) is 0 Å². The van der Waals surface area contributed by atoms with Crippen molar-refractivity contribution in [2.75, 3.05) is 33.2 Å². The normalized spacial score (nSPS) is 26.3. The zero-order chi connectivity index (χ0) is 16.9. The van der Waals surface area contributed by atoms with E-state index in [0.29, 0.717) is 6.10 Å². The largest absolute Gasteiger partial charge is 0.369 e. The van der Waals surface area contributed by atoms with E-state index in [0.717, 1.165) is 25.6 Å². The first-order valence-corrected chi connectivity index (χ1v) is 9.76. The van der Waals surface area contributed by atoms with Crippen molar-refractivity contribution in [3.8, 4) is 0 Å². The van der Waals surface area contributed by atoms with Gasteiger partial charge >= 0.3 is 0 Å². The molecule has 1 aromatic rings. The highest BCUT2D eigenvalue weighted by Gasteiger charge is 2.28. The summed E-state index contributed by atoms with van der Waals surface area (Å²) >= 11 is 0. The summed E-state index contributed by atoms with van der Waals surface area (Å²) in [4.78, 5) is 5.03. The van der Waals surface area contributed by atoms with Crippen LogP contribution in [0.2, 0.25) is 0 Å². The standard InChI is InChI=1S/C21H34N2O/c1-17(2)10-14-23-15-18-7-4-5-9-20(18)21(16-23)24-19-8-6-12-22(3)13-11-19/h4-5,7,9,17,19,21H,6,8,10-16H2,1-3H3. The number of benzene rings is 1. The topological polar surface area (TPSA) is 15.7 Å². The molecule has 0 aromatic heterocycles. The van der Waals surface area contributed by atoms with Crippen molar-refractivity contribution in [1.82, 2.24) is 9.80 Å². The van der Waals surface area contributed by atoms with Crippen LogP contribution in [-0.2, 0) is 11.3 Å².